The average molecular weight is 270 g/mol. The highest BCUT2D eigenvalue weighted by Crippen LogP contribution is 2.30. The monoisotopic (exact) mass is 270 g/mol. The minimum Gasteiger partial charge on any atom is -0.0755 e. The summed E-state index contributed by atoms with van der Waals surface area (Å²) in [7, 11) is -0.232. The molecule has 0 saturated heterocycles. The molecule has 0 unspecified atom stereocenters. The Kier molecular flexibility index (Phi) is 5.65. The van der Waals surface area contributed by atoms with Gasteiger partial charge in [0.25, 0.3) is 0 Å². The molecular weight excluding hydrogens is 244 g/mol. The van der Waals surface area contributed by atoms with E-state index in [4.69, 9.17) is 0 Å². The SMILES string of the molecule is CCCCC1=C([SiH2]c2ccccc2)CC(CCC)=C1. The summed E-state index contributed by atoms with van der Waals surface area (Å²) in [4.78, 5) is 0. The molecular formula is C18H26Si. The summed E-state index contributed by atoms with van der Waals surface area (Å²) in [6.45, 7) is 4.58. The lowest BCUT2D eigenvalue weighted by Crippen LogP contribution is -2.16. The molecule has 0 N–H and O–H groups in total. The van der Waals surface area contributed by atoms with E-state index in [0.29, 0.717) is 0 Å². The average Bonchev–Trinajstić information content (AvgIpc) is 2.80. The zero-order valence-electron chi connectivity index (χ0n) is 12.4. The highest BCUT2D eigenvalue weighted by atomic mass is 28.2. The van der Waals surface area contributed by atoms with Crippen molar-refractivity contribution in [3.8, 4) is 0 Å². The first-order valence-corrected chi connectivity index (χ1v) is 9.19. The second-order valence-corrected chi connectivity index (χ2v) is 7.65. The van der Waals surface area contributed by atoms with Crippen LogP contribution < -0.4 is 5.19 Å². The van der Waals surface area contributed by atoms with E-state index in [1.165, 1.54) is 38.5 Å². The Morgan fingerprint density at radius 3 is 2.47 bits per heavy atom. The molecule has 0 aromatic heterocycles. The summed E-state index contributed by atoms with van der Waals surface area (Å²) in [5.74, 6) is 0. The number of hydrogen-bond donors (Lipinski definition) is 0. The number of rotatable bonds is 7. The zero-order chi connectivity index (χ0) is 13.5. The fraction of sp³-hybridized carbons (Fsp3) is 0.444. The predicted octanol–water partition coefficient (Wildman–Crippen LogP) is 4.06. The third kappa shape index (κ3) is 4.21. The fourth-order valence-electron chi connectivity index (χ4n) is 2.90. The maximum absolute atomic E-state index is 2.53. The van der Waals surface area contributed by atoms with Crippen LogP contribution in [0.4, 0.5) is 0 Å². The fourth-order valence-corrected chi connectivity index (χ4v) is 4.86. The normalized spacial score (nSPS) is 15.6. The summed E-state index contributed by atoms with van der Waals surface area (Å²) >= 11 is 0. The third-order valence-corrected chi connectivity index (χ3v) is 5.91. The predicted molar refractivity (Wildman–Crippen MR) is 88.8 cm³/mol. The Labute approximate surface area is 120 Å². The van der Waals surface area contributed by atoms with Gasteiger partial charge in [-0.2, -0.15) is 0 Å². The van der Waals surface area contributed by atoms with Crippen LogP contribution in [0.1, 0.15) is 52.4 Å². The molecule has 2 rings (SSSR count). The van der Waals surface area contributed by atoms with E-state index in [1.54, 1.807) is 16.3 Å². The molecule has 0 atom stereocenters. The van der Waals surface area contributed by atoms with Gasteiger partial charge in [-0.25, -0.2) is 0 Å². The second-order valence-electron chi connectivity index (χ2n) is 5.62. The first-order valence-electron chi connectivity index (χ1n) is 7.77. The summed E-state index contributed by atoms with van der Waals surface area (Å²) in [5, 5.41) is 3.40. The molecule has 0 heterocycles. The van der Waals surface area contributed by atoms with Gasteiger partial charge < -0.3 is 0 Å². The number of benzene rings is 1. The van der Waals surface area contributed by atoms with E-state index < -0.39 is 0 Å². The second kappa shape index (κ2) is 7.49. The Morgan fingerprint density at radius 1 is 1.00 bits per heavy atom. The maximum Gasteiger partial charge on any atom is 0.0832 e. The smallest absolute Gasteiger partial charge is 0.0755 e. The largest absolute Gasteiger partial charge is 0.0832 e. The van der Waals surface area contributed by atoms with Crippen molar-refractivity contribution < 1.29 is 0 Å². The highest BCUT2D eigenvalue weighted by molar-refractivity contribution is 6.61. The Morgan fingerprint density at radius 2 is 1.79 bits per heavy atom. The molecule has 1 aliphatic carbocycles. The molecule has 1 aliphatic rings. The van der Waals surface area contributed by atoms with Crippen LogP contribution >= 0.6 is 0 Å². The van der Waals surface area contributed by atoms with Gasteiger partial charge in [0.1, 0.15) is 0 Å². The van der Waals surface area contributed by atoms with Gasteiger partial charge in [-0.05, 0) is 25.7 Å². The van der Waals surface area contributed by atoms with Gasteiger partial charge >= 0.3 is 0 Å². The number of hydrogen-bond acceptors (Lipinski definition) is 0. The van der Waals surface area contributed by atoms with Gasteiger partial charge in [0.05, 0.1) is 9.52 Å². The van der Waals surface area contributed by atoms with Crippen molar-refractivity contribution in [2.75, 3.05) is 0 Å². The molecule has 0 aliphatic heterocycles. The Bertz CT molecular complexity index is 454. The third-order valence-electron chi connectivity index (χ3n) is 3.90. The summed E-state index contributed by atoms with van der Waals surface area (Å²) in [6.07, 6.45) is 10.4. The maximum atomic E-state index is 2.53. The number of unbranched alkanes of at least 4 members (excludes halogenated alkanes) is 1. The lowest BCUT2D eigenvalue weighted by molar-refractivity contribution is 0.797. The molecule has 0 bridgehead atoms. The van der Waals surface area contributed by atoms with Crippen molar-refractivity contribution in [3.63, 3.8) is 0 Å². The van der Waals surface area contributed by atoms with Crippen LogP contribution in [0.15, 0.2) is 52.8 Å². The van der Waals surface area contributed by atoms with E-state index >= 15 is 0 Å². The topological polar surface area (TPSA) is 0 Å². The summed E-state index contributed by atoms with van der Waals surface area (Å²) < 4.78 is 0. The Hall–Kier alpha value is -1.08. The van der Waals surface area contributed by atoms with Gasteiger partial charge in [0.15, 0.2) is 0 Å². The lowest BCUT2D eigenvalue weighted by atomic mass is 10.1. The van der Waals surface area contributed by atoms with Crippen LogP contribution in [0.3, 0.4) is 0 Å². The van der Waals surface area contributed by atoms with Crippen molar-refractivity contribution in [2.45, 2.75) is 52.4 Å². The number of allylic oxidation sites excluding steroid dienone is 4. The van der Waals surface area contributed by atoms with E-state index in [9.17, 15) is 0 Å². The van der Waals surface area contributed by atoms with Crippen LogP contribution in [0.5, 0.6) is 0 Å². The first kappa shape index (κ1) is 14.3. The quantitative estimate of drug-likeness (QED) is 0.656. The zero-order valence-corrected chi connectivity index (χ0v) is 13.8. The van der Waals surface area contributed by atoms with Gasteiger partial charge in [-0.3, -0.25) is 0 Å². The summed E-state index contributed by atoms with van der Waals surface area (Å²) in [5.41, 5.74) is 3.38. The minimum atomic E-state index is -0.232. The molecule has 19 heavy (non-hydrogen) atoms. The van der Waals surface area contributed by atoms with Crippen molar-refractivity contribution in [1.29, 1.82) is 0 Å². The molecule has 0 radical (unpaired) electrons. The van der Waals surface area contributed by atoms with Crippen molar-refractivity contribution in [3.05, 3.63) is 52.8 Å². The lowest BCUT2D eigenvalue weighted by Gasteiger charge is -2.07. The van der Waals surface area contributed by atoms with Crippen molar-refractivity contribution >= 4 is 14.7 Å². The molecule has 0 spiro atoms. The van der Waals surface area contributed by atoms with Crippen LogP contribution in [-0.2, 0) is 0 Å². The van der Waals surface area contributed by atoms with Crippen molar-refractivity contribution in [1.82, 2.24) is 0 Å². The van der Waals surface area contributed by atoms with E-state index in [-0.39, 0.29) is 9.52 Å². The van der Waals surface area contributed by atoms with Gasteiger partial charge in [-0.1, -0.05) is 84.6 Å². The molecule has 1 aromatic rings. The van der Waals surface area contributed by atoms with Crippen LogP contribution in [0, 0.1) is 0 Å². The molecule has 0 amide bonds. The Balaban J connectivity index is 2.07. The molecule has 0 saturated carbocycles. The molecule has 0 fully saturated rings. The van der Waals surface area contributed by atoms with Crippen LogP contribution in [-0.4, -0.2) is 9.52 Å². The molecule has 0 nitrogen and oxygen atoms in total. The van der Waals surface area contributed by atoms with E-state index in [2.05, 4.69) is 50.3 Å². The van der Waals surface area contributed by atoms with Gasteiger partial charge in [-0.15, -0.1) is 0 Å². The van der Waals surface area contributed by atoms with Crippen LogP contribution in [0.25, 0.3) is 0 Å². The standard InChI is InChI=1S/C18H26Si/c1-3-5-10-16-13-15(9-4-2)14-18(16)19-17-11-7-6-8-12-17/h6-8,11-13H,3-5,9-10,14,19H2,1-2H3. The minimum absolute atomic E-state index is 0.232. The van der Waals surface area contributed by atoms with Crippen molar-refractivity contribution in [2.24, 2.45) is 0 Å². The molecule has 1 heteroatoms. The van der Waals surface area contributed by atoms with Crippen LogP contribution in [0.2, 0.25) is 0 Å². The van der Waals surface area contributed by atoms with E-state index in [1.807, 2.05) is 5.20 Å². The van der Waals surface area contributed by atoms with Gasteiger partial charge in [0, 0.05) is 0 Å². The highest BCUT2D eigenvalue weighted by Gasteiger charge is 2.15. The molecule has 1 aromatic carbocycles. The van der Waals surface area contributed by atoms with Gasteiger partial charge in [0.2, 0.25) is 0 Å². The summed E-state index contributed by atoms with van der Waals surface area (Å²) in [6, 6.07) is 11.1. The first-order chi connectivity index (χ1) is 9.33. The molecule has 102 valence electrons. The van der Waals surface area contributed by atoms with E-state index in [0.717, 1.165) is 0 Å².